The summed E-state index contributed by atoms with van der Waals surface area (Å²) in [5.41, 5.74) is 7.17. The van der Waals surface area contributed by atoms with E-state index in [2.05, 4.69) is 15.8 Å². The molecule has 2 N–H and O–H groups in total. The van der Waals surface area contributed by atoms with E-state index < -0.39 is 11.7 Å². The molecule has 1 aromatic heterocycles. The maximum absolute atomic E-state index is 13.9. The number of hydrogen-bond acceptors (Lipinski definition) is 4. The van der Waals surface area contributed by atoms with Crippen LogP contribution in [0.2, 0.25) is 0 Å². The van der Waals surface area contributed by atoms with Crippen LogP contribution >= 0.6 is 0 Å². The summed E-state index contributed by atoms with van der Waals surface area (Å²) in [4.78, 5) is 25.2. The van der Waals surface area contributed by atoms with Crippen LogP contribution in [-0.2, 0) is 6.42 Å². The van der Waals surface area contributed by atoms with Gasteiger partial charge in [-0.3, -0.25) is 9.59 Å². The number of amides is 2. The van der Waals surface area contributed by atoms with E-state index >= 15 is 0 Å². The predicted molar refractivity (Wildman–Crippen MR) is 121 cm³/mol. The molecule has 2 amide bonds. The maximum Gasteiger partial charge on any atom is 0.291 e. The van der Waals surface area contributed by atoms with Crippen LogP contribution in [0.15, 0.2) is 52.0 Å². The second-order valence-corrected chi connectivity index (χ2v) is 8.02. The number of nitrogens with zero attached hydrogens (tertiary/aromatic N) is 1. The SMILES string of the molecule is Cc1cc(C)cc(NC(=O)c2oc3c(c2C)/C(=N/NC(=O)c2ccccc2F)CCC3)c1. The van der Waals surface area contributed by atoms with Gasteiger partial charge in [-0.25, -0.2) is 9.82 Å². The zero-order valence-electron chi connectivity index (χ0n) is 18.2. The number of hydrogen-bond donors (Lipinski definition) is 2. The molecular formula is C25H24FN3O3. The fraction of sp³-hybridized carbons (Fsp3) is 0.240. The summed E-state index contributed by atoms with van der Waals surface area (Å²) in [5, 5.41) is 7.14. The van der Waals surface area contributed by atoms with Crippen LogP contribution in [0.5, 0.6) is 0 Å². The van der Waals surface area contributed by atoms with Crippen molar-refractivity contribution < 1.29 is 18.4 Å². The quantitative estimate of drug-likeness (QED) is 0.564. The van der Waals surface area contributed by atoms with Crippen LogP contribution in [0.4, 0.5) is 10.1 Å². The number of benzene rings is 2. The summed E-state index contributed by atoms with van der Waals surface area (Å²) >= 11 is 0. The van der Waals surface area contributed by atoms with Crippen LogP contribution in [0.25, 0.3) is 0 Å². The van der Waals surface area contributed by atoms with E-state index in [1.54, 1.807) is 13.0 Å². The molecule has 1 heterocycles. The van der Waals surface area contributed by atoms with Gasteiger partial charge in [0.15, 0.2) is 5.76 Å². The van der Waals surface area contributed by atoms with E-state index in [-0.39, 0.29) is 17.2 Å². The average molecular weight is 433 g/mol. The van der Waals surface area contributed by atoms with Gasteiger partial charge >= 0.3 is 0 Å². The van der Waals surface area contributed by atoms with Gasteiger partial charge in [-0.1, -0.05) is 18.2 Å². The summed E-state index contributed by atoms with van der Waals surface area (Å²) in [6.45, 7) is 5.74. The summed E-state index contributed by atoms with van der Waals surface area (Å²) < 4.78 is 19.8. The van der Waals surface area contributed by atoms with Crippen LogP contribution in [0.3, 0.4) is 0 Å². The second-order valence-electron chi connectivity index (χ2n) is 8.02. The molecule has 6 nitrogen and oxygen atoms in total. The molecule has 0 saturated carbocycles. The van der Waals surface area contributed by atoms with Gasteiger partial charge in [-0.05, 0) is 69.0 Å². The van der Waals surface area contributed by atoms with Crippen molar-refractivity contribution in [2.24, 2.45) is 5.10 Å². The van der Waals surface area contributed by atoms with Gasteiger partial charge in [-0.2, -0.15) is 5.10 Å². The molecule has 1 aliphatic rings. The van der Waals surface area contributed by atoms with Crippen molar-refractivity contribution in [3.05, 3.63) is 87.6 Å². The van der Waals surface area contributed by atoms with Gasteiger partial charge in [0.1, 0.15) is 11.6 Å². The Balaban J connectivity index is 1.58. The Morgan fingerprint density at radius 3 is 2.44 bits per heavy atom. The monoisotopic (exact) mass is 433 g/mol. The number of furan rings is 1. The fourth-order valence-electron chi connectivity index (χ4n) is 4.06. The fourth-order valence-corrected chi connectivity index (χ4v) is 4.06. The number of halogens is 1. The lowest BCUT2D eigenvalue weighted by atomic mass is 9.93. The van der Waals surface area contributed by atoms with Crippen molar-refractivity contribution in [3.63, 3.8) is 0 Å². The molecule has 0 unspecified atom stereocenters. The van der Waals surface area contributed by atoms with Crippen LogP contribution < -0.4 is 10.7 Å². The van der Waals surface area contributed by atoms with Gasteiger partial charge in [0.05, 0.1) is 11.3 Å². The molecular weight excluding hydrogens is 409 g/mol. The van der Waals surface area contributed by atoms with E-state index in [4.69, 9.17) is 4.42 Å². The highest BCUT2D eigenvalue weighted by atomic mass is 19.1. The molecule has 0 saturated heterocycles. The third kappa shape index (κ3) is 4.32. The minimum Gasteiger partial charge on any atom is -0.455 e. The van der Waals surface area contributed by atoms with Crippen molar-refractivity contribution in [2.75, 3.05) is 5.32 Å². The molecule has 0 aliphatic heterocycles. The first-order valence-electron chi connectivity index (χ1n) is 10.5. The highest BCUT2D eigenvalue weighted by molar-refractivity contribution is 6.09. The topological polar surface area (TPSA) is 83.7 Å². The Morgan fingerprint density at radius 1 is 1.00 bits per heavy atom. The van der Waals surface area contributed by atoms with E-state index in [1.165, 1.54) is 18.2 Å². The lowest BCUT2D eigenvalue weighted by molar-refractivity contribution is 0.0949. The van der Waals surface area contributed by atoms with Crippen molar-refractivity contribution in [3.8, 4) is 0 Å². The van der Waals surface area contributed by atoms with E-state index in [0.29, 0.717) is 35.6 Å². The smallest absolute Gasteiger partial charge is 0.291 e. The summed E-state index contributed by atoms with van der Waals surface area (Å²) in [6.07, 6.45) is 2.06. The van der Waals surface area contributed by atoms with Crippen LogP contribution in [0, 0.1) is 26.6 Å². The zero-order valence-corrected chi connectivity index (χ0v) is 18.2. The lowest BCUT2D eigenvalue weighted by Crippen LogP contribution is -2.23. The van der Waals surface area contributed by atoms with Crippen molar-refractivity contribution >= 4 is 23.2 Å². The molecule has 0 spiro atoms. The Labute approximate surface area is 185 Å². The Bertz CT molecular complexity index is 1220. The third-order valence-corrected chi connectivity index (χ3v) is 5.42. The summed E-state index contributed by atoms with van der Waals surface area (Å²) in [7, 11) is 0. The number of aryl methyl sites for hydroxylation is 3. The number of anilines is 1. The van der Waals surface area contributed by atoms with Gasteiger partial charge < -0.3 is 9.73 Å². The highest BCUT2D eigenvalue weighted by Gasteiger charge is 2.28. The molecule has 0 bridgehead atoms. The number of fused-ring (bicyclic) bond motifs is 1. The lowest BCUT2D eigenvalue weighted by Gasteiger charge is -2.13. The van der Waals surface area contributed by atoms with Crippen molar-refractivity contribution in [1.29, 1.82) is 0 Å². The Morgan fingerprint density at radius 2 is 1.72 bits per heavy atom. The molecule has 0 radical (unpaired) electrons. The normalized spacial score (nSPS) is 14.2. The second kappa shape index (κ2) is 8.78. The Kier molecular flexibility index (Phi) is 5.90. The Hall–Kier alpha value is -3.74. The molecule has 2 aromatic carbocycles. The van der Waals surface area contributed by atoms with E-state index in [1.807, 2.05) is 32.0 Å². The number of carbonyl (C=O) groups is 2. The van der Waals surface area contributed by atoms with Crippen molar-refractivity contribution in [2.45, 2.75) is 40.0 Å². The largest absolute Gasteiger partial charge is 0.455 e. The van der Waals surface area contributed by atoms with Gasteiger partial charge in [0, 0.05) is 23.2 Å². The summed E-state index contributed by atoms with van der Waals surface area (Å²) in [6, 6.07) is 11.6. The van der Waals surface area contributed by atoms with Crippen molar-refractivity contribution in [1.82, 2.24) is 5.43 Å². The maximum atomic E-state index is 13.9. The molecule has 164 valence electrons. The first-order valence-corrected chi connectivity index (χ1v) is 10.5. The van der Waals surface area contributed by atoms with E-state index in [0.717, 1.165) is 23.1 Å². The molecule has 32 heavy (non-hydrogen) atoms. The molecule has 0 atom stereocenters. The first-order chi connectivity index (χ1) is 15.3. The standard InChI is InChI=1S/C25H24FN3O3/c1-14-11-15(2)13-17(12-14)27-25(31)23-16(3)22-20(9-6-10-21(22)32-23)28-29-24(30)18-7-4-5-8-19(18)26/h4-5,7-8,11-13H,6,9-10H2,1-3H3,(H,27,31)(H,29,30)/b28-20+. The zero-order chi connectivity index (χ0) is 22.8. The number of rotatable bonds is 4. The van der Waals surface area contributed by atoms with Gasteiger partial charge in [-0.15, -0.1) is 0 Å². The molecule has 7 heteroatoms. The number of hydrazone groups is 1. The van der Waals surface area contributed by atoms with Gasteiger partial charge in [0.2, 0.25) is 0 Å². The average Bonchev–Trinajstić information content (AvgIpc) is 3.09. The van der Waals surface area contributed by atoms with E-state index in [9.17, 15) is 14.0 Å². The predicted octanol–water partition coefficient (Wildman–Crippen LogP) is 5.07. The minimum atomic E-state index is -0.628. The first kappa shape index (κ1) is 21.5. The number of carbonyl (C=O) groups excluding carboxylic acids is 2. The summed E-state index contributed by atoms with van der Waals surface area (Å²) in [5.74, 6) is -0.685. The highest BCUT2D eigenvalue weighted by Crippen LogP contribution is 2.30. The molecule has 3 aromatic rings. The molecule has 0 fully saturated rings. The molecule has 1 aliphatic carbocycles. The third-order valence-electron chi connectivity index (χ3n) is 5.42. The van der Waals surface area contributed by atoms with Gasteiger partial charge in [0.25, 0.3) is 11.8 Å². The molecule has 4 rings (SSSR count). The van der Waals surface area contributed by atoms with Crippen LogP contribution in [0.1, 0.15) is 61.8 Å². The minimum absolute atomic E-state index is 0.0784. The van der Waals surface area contributed by atoms with Crippen LogP contribution in [-0.4, -0.2) is 17.5 Å². The number of nitrogens with one attached hydrogen (secondary N) is 2.